The molecule has 1 heterocycles. The second kappa shape index (κ2) is 5.52. The standard InChI is InChI=1S/C15H17N3O/c1-11-8-9-12(10-16-11)15(19)17-13-6-4-5-7-14(13)18(2)3/h4-10H,1-3H3,(H,17,19). The molecule has 4 nitrogen and oxygen atoms in total. The highest BCUT2D eigenvalue weighted by atomic mass is 16.1. The molecular weight excluding hydrogens is 238 g/mol. The van der Waals surface area contributed by atoms with Crippen LogP contribution in [0.4, 0.5) is 11.4 Å². The number of benzene rings is 1. The molecular formula is C15H17N3O. The van der Waals surface area contributed by atoms with E-state index in [1.165, 1.54) is 0 Å². The summed E-state index contributed by atoms with van der Waals surface area (Å²) in [6.07, 6.45) is 1.59. The van der Waals surface area contributed by atoms with Crippen LogP contribution in [0.3, 0.4) is 0 Å². The molecule has 2 aromatic rings. The monoisotopic (exact) mass is 255 g/mol. The van der Waals surface area contributed by atoms with Gasteiger partial charge in [-0.3, -0.25) is 9.78 Å². The number of aryl methyl sites for hydroxylation is 1. The van der Waals surface area contributed by atoms with Gasteiger partial charge in [-0.25, -0.2) is 0 Å². The van der Waals surface area contributed by atoms with Crippen LogP contribution in [0, 0.1) is 6.92 Å². The first-order valence-corrected chi connectivity index (χ1v) is 6.08. The average molecular weight is 255 g/mol. The molecule has 0 radical (unpaired) electrons. The highest BCUT2D eigenvalue weighted by Gasteiger charge is 2.09. The lowest BCUT2D eigenvalue weighted by molar-refractivity contribution is 0.102. The van der Waals surface area contributed by atoms with Gasteiger partial charge < -0.3 is 10.2 Å². The van der Waals surface area contributed by atoms with Gasteiger partial charge in [-0.15, -0.1) is 0 Å². The van der Waals surface area contributed by atoms with Gasteiger partial charge in [0.1, 0.15) is 0 Å². The molecule has 0 spiro atoms. The van der Waals surface area contributed by atoms with Crippen LogP contribution >= 0.6 is 0 Å². The fourth-order valence-electron chi connectivity index (χ4n) is 1.77. The van der Waals surface area contributed by atoms with Crippen molar-refractivity contribution in [1.82, 2.24) is 4.98 Å². The Morgan fingerprint density at radius 2 is 1.89 bits per heavy atom. The van der Waals surface area contributed by atoms with Crippen molar-refractivity contribution in [2.24, 2.45) is 0 Å². The van der Waals surface area contributed by atoms with Crippen molar-refractivity contribution < 1.29 is 4.79 Å². The molecule has 19 heavy (non-hydrogen) atoms. The molecule has 0 saturated carbocycles. The summed E-state index contributed by atoms with van der Waals surface area (Å²) >= 11 is 0. The Morgan fingerprint density at radius 1 is 1.16 bits per heavy atom. The summed E-state index contributed by atoms with van der Waals surface area (Å²) in [6.45, 7) is 1.89. The molecule has 0 aliphatic heterocycles. The molecule has 0 bridgehead atoms. The van der Waals surface area contributed by atoms with Gasteiger partial charge >= 0.3 is 0 Å². The number of hydrogen-bond donors (Lipinski definition) is 1. The van der Waals surface area contributed by atoms with Gasteiger partial charge in [0, 0.05) is 26.0 Å². The summed E-state index contributed by atoms with van der Waals surface area (Å²) in [7, 11) is 3.89. The zero-order chi connectivity index (χ0) is 13.8. The second-order valence-corrected chi connectivity index (χ2v) is 4.55. The van der Waals surface area contributed by atoms with Crippen molar-refractivity contribution in [3.05, 3.63) is 53.9 Å². The first-order valence-electron chi connectivity index (χ1n) is 6.08. The zero-order valence-corrected chi connectivity index (χ0v) is 11.3. The fraction of sp³-hybridized carbons (Fsp3) is 0.200. The normalized spacial score (nSPS) is 10.1. The van der Waals surface area contributed by atoms with Gasteiger partial charge in [0.05, 0.1) is 16.9 Å². The SMILES string of the molecule is Cc1ccc(C(=O)Nc2ccccc2N(C)C)cn1. The Labute approximate surface area is 113 Å². The Balaban J connectivity index is 2.22. The van der Waals surface area contributed by atoms with E-state index in [0.29, 0.717) is 5.56 Å². The lowest BCUT2D eigenvalue weighted by Crippen LogP contribution is -2.16. The quantitative estimate of drug-likeness (QED) is 0.917. The number of nitrogens with zero attached hydrogens (tertiary/aromatic N) is 2. The van der Waals surface area contributed by atoms with Crippen molar-refractivity contribution in [3.63, 3.8) is 0 Å². The molecule has 1 amide bonds. The second-order valence-electron chi connectivity index (χ2n) is 4.55. The van der Waals surface area contributed by atoms with E-state index in [1.54, 1.807) is 12.3 Å². The Morgan fingerprint density at radius 3 is 2.53 bits per heavy atom. The smallest absolute Gasteiger partial charge is 0.257 e. The molecule has 98 valence electrons. The minimum absolute atomic E-state index is 0.151. The largest absolute Gasteiger partial charge is 0.376 e. The number of hydrogen-bond acceptors (Lipinski definition) is 3. The van der Waals surface area contributed by atoms with Crippen molar-refractivity contribution in [2.75, 3.05) is 24.3 Å². The van der Waals surface area contributed by atoms with Gasteiger partial charge in [0.15, 0.2) is 0 Å². The highest BCUT2D eigenvalue weighted by molar-refractivity contribution is 6.05. The summed E-state index contributed by atoms with van der Waals surface area (Å²) in [4.78, 5) is 18.2. The van der Waals surface area contributed by atoms with Crippen LogP contribution in [0.5, 0.6) is 0 Å². The third-order valence-corrected chi connectivity index (χ3v) is 2.81. The first-order chi connectivity index (χ1) is 9.08. The van der Waals surface area contributed by atoms with E-state index in [0.717, 1.165) is 17.1 Å². The van der Waals surface area contributed by atoms with Crippen LogP contribution in [0.2, 0.25) is 0 Å². The molecule has 0 aliphatic carbocycles. The van der Waals surface area contributed by atoms with Crippen LogP contribution in [-0.4, -0.2) is 25.0 Å². The van der Waals surface area contributed by atoms with Crippen LogP contribution < -0.4 is 10.2 Å². The average Bonchev–Trinajstić information content (AvgIpc) is 2.39. The number of carbonyl (C=O) groups excluding carboxylic acids is 1. The zero-order valence-electron chi connectivity index (χ0n) is 11.3. The maximum atomic E-state index is 12.1. The number of rotatable bonds is 3. The van der Waals surface area contributed by atoms with Gasteiger partial charge in [0.2, 0.25) is 0 Å². The van der Waals surface area contributed by atoms with Crippen molar-refractivity contribution >= 4 is 17.3 Å². The Kier molecular flexibility index (Phi) is 3.80. The van der Waals surface area contributed by atoms with Gasteiger partial charge in [-0.2, -0.15) is 0 Å². The molecule has 1 N–H and O–H groups in total. The molecule has 0 fully saturated rings. The van der Waals surface area contributed by atoms with Crippen molar-refractivity contribution in [1.29, 1.82) is 0 Å². The molecule has 1 aromatic heterocycles. The van der Waals surface area contributed by atoms with Gasteiger partial charge in [-0.1, -0.05) is 12.1 Å². The summed E-state index contributed by atoms with van der Waals surface area (Å²) in [6, 6.07) is 11.3. The molecule has 0 unspecified atom stereocenters. The Bertz CT molecular complexity index is 576. The lowest BCUT2D eigenvalue weighted by atomic mass is 10.2. The molecule has 1 aromatic carbocycles. The highest BCUT2D eigenvalue weighted by Crippen LogP contribution is 2.23. The number of anilines is 2. The molecule has 0 atom stereocenters. The molecule has 0 saturated heterocycles. The van der Waals surface area contributed by atoms with Crippen LogP contribution in [0.25, 0.3) is 0 Å². The van der Waals surface area contributed by atoms with E-state index in [4.69, 9.17) is 0 Å². The minimum Gasteiger partial charge on any atom is -0.376 e. The maximum absolute atomic E-state index is 12.1. The predicted octanol–water partition coefficient (Wildman–Crippen LogP) is 2.71. The van der Waals surface area contributed by atoms with E-state index in [1.807, 2.05) is 56.3 Å². The van der Waals surface area contributed by atoms with Crippen LogP contribution in [0.1, 0.15) is 16.1 Å². The number of aromatic nitrogens is 1. The molecule has 0 aliphatic rings. The number of carbonyl (C=O) groups is 1. The van der Waals surface area contributed by atoms with E-state index >= 15 is 0 Å². The number of para-hydroxylation sites is 2. The summed E-state index contributed by atoms with van der Waals surface area (Å²) in [5, 5.41) is 2.91. The lowest BCUT2D eigenvalue weighted by Gasteiger charge is -2.17. The maximum Gasteiger partial charge on any atom is 0.257 e. The predicted molar refractivity (Wildman–Crippen MR) is 77.7 cm³/mol. The number of pyridine rings is 1. The minimum atomic E-state index is -0.151. The summed E-state index contributed by atoms with van der Waals surface area (Å²) < 4.78 is 0. The van der Waals surface area contributed by atoms with Crippen molar-refractivity contribution in [3.8, 4) is 0 Å². The van der Waals surface area contributed by atoms with E-state index in [2.05, 4.69) is 10.3 Å². The molecule has 2 rings (SSSR count). The van der Waals surface area contributed by atoms with Crippen LogP contribution in [-0.2, 0) is 0 Å². The Hall–Kier alpha value is -2.36. The fourth-order valence-corrected chi connectivity index (χ4v) is 1.77. The van der Waals surface area contributed by atoms with Crippen molar-refractivity contribution in [2.45, 2.75) is 6.92 Å². The van der Waals surface area contributed by atoms with E-state index in [9.17, 15) is 4.79 Å². The van der Waals surface area contributed by atoms with E-state index < -0.39 is 0 Å². The number of amides is 1. The summed E-state index contributed by atoms with van der Waals surface area (Å²) in [5.74, 6) is -0.151. The summed E-state index contributed by atoms with van der Waals surface area (Å²) in [5.41, 5.74) is 3.21. The number of nitrogens with one attached hydrogen (secondary N) is 1. The third kappa shape index (κ3) is 3.10. The first kappa shape index (κ1) is 13.1. The van der Waals surface area contributed by atoms with Crippen LogP contribution in [0.15, 0.2) is 42.6 Å². The van der Waals surface area contributed by atoms with E-state index in [-0.39, 0.29) is 5.91 Å². The molecule has 4 heteroatoms. The van der Waals surface area contributed by atoms with Gasteiger partial charge in [-0.05, 0) is 31.2 Å². The van der Waals surface area contributed by atoms with Gasteiger partial charge in [0.25, 0.3) is 5.91 Å². The third-order valence-electron chi connectivity index (χ3n) is 2.81. The topological polar surface area (TPSA) is 45.2 Å².